The maximum absolute atomic E-state index is 12.5. The van der Waals surface area contributed by atoms with Gasteiger partial charge in [-0.2, -0.15) is 0 Å². The van der Waals surface area contributed by atoms with Crippen LogP contribution in [0.4, 0.5) is 0 Å². The van der Waals surface area contributed by atoms with Crippen LogP contribution in [0.5, 0.6) is 0 Å². The molecule has 1 N–H and O–H groups in total. The number of aromatic amines is 1. The van der Waals surface area contributed by atoms with Crippen LogP contribution in [0.3, 0.4) is 0 Å². The summed E-state index contributed by atoms with van der Waals surface area (Å²) in [5.74, 6) is -0.00847. The number of nitrogens with one attached hydrogen (secondary N) is 1. The number of carbonyl (C=O) groups excluding carboxylic acids is 1. The van der Waals surface area contributed by atoms with Gasteiger partial charge in [0.15, 0.2) is 0 Å². The zero-order valence-corrected chi connectivity index (χ0v) is 11.8. The summed E-state index contributed by atoms with van der Waals surface area (Å²) < 4.78 is 0. The van der Waals surface area contributed by atoms with Crippen molar-refractivity contribution in [3.05, 3.63) is 50.9 Å². The molecule has 0 bridgehead atoms. The van der Waals surface area contributed by atoms with E-state index in [4.69, 9.17) is 11.6 Å². The molecule has 0 radical (unpaired) electrons. The van der Waals surface area contributed by atoms with Crippen LogP contribution in [0, 0.1) is 0 Å². The Balaban J connectivity index is 2.11. The van der Waals surface area contributed by atoms with Gasteiger partial charge in [0.05, 0.1) is 15.5 Å². The van der Waals surface area contributed by atoms with Gasteiger partial charge >= 0.3 is 0 Å². The molecule has 0 fully saturated rings. The van der Waals surface area contributed by atoms with E-state index in [0.717, 1.165) is 11.3 Å². The zero-order chi connectivity index (χ0) is 13.4. The highest BCUT2D eigenvalue weighted by Crippen LogP contribution is 2.28. The molecule has 5 heteroatoms. The number of nitrogens with zero attached hydrogens (tertiary/aromatic N) is 1. The summed E-state index contributed by atoms with van der Waals surface area (Å²) in [5, 5.41) is 1.24. The van der Waals surface area contributed by atoms with Crippen LogP contribution in [-0.2, 0) is 6.42 Å². The predicted octanol–water partition coefficient (Wildman–Crippen LogP) is 4.07. The minimum atomic E-state index is -0.00847. The Kier molecular flexibility index (Phi) is 3.12. The van der Waals surface area contributed by atoms with Crippen molar-refractivity contribution in [2.75, 3.05) is 0 Å². The number of aryl methyl sites for hydroxylation is 1. The third-order valence-corrected chi connectivity index (χ3v) is 4.54. The molecular weight excluding hydrogens is 280 g/mol. The van der Waals surface area contributed by atoms with Crippen molar-refractivity contribution in [3.8, 4) is 0 Å². The van der Waals surface area contributed by atoms with Crippen molar-refractivity contribution >= 4 is 39.8 Å². The number of carbonyl (C=O) groups is 1. The topological polar surface area (TPSA) is 45.8 Å². The fraction of sp³-hybridized carbons (Fsp3) is 0.143. The highest BCUT2D eigenvalue weighted by atomic mass is 35.5. The lowest BCUT2D eigenvalue weighted by Gasteiger charge is -1.98. The van der Waals surface area contributed by atoms with Crippen molar-refractivity contribution in [1.82, 2.24) is 9.97 Å². The summed E-state index contributed by atoms with van der Waals surface area (Å²) in [5.41, 5.74) is 1.22. The van der Waals surface area contributed by atoms with Gasteiger partial charge in [-0.3, -0.25) is 4.79 Å². The second-order valence-corrected chi connectivity index (χ2v) is 5.74. The molecule has 0 amide bonds. The lowest BCUT2D eigenvalue weighted by molar-refractivity contribution is 0.104. The van der Waals surface area contributed by atoms with Crippen LogP contribution in [0.15, 0.2) is 30.6 Å². The van der Waals surface area contributed by atoms with Gasteiger partial charge in [-0.05, 0) is 24.6 Å². The van der Waals surface area contributed by atoms with Crippen molar-refractivity contribution in [2.45, 2.75) is 13.3 Å². The molecular formula is C14H11ClN2OS. The molecule has 0 saturated heterocycles. The summed E-state index contributed by atoms with van der Waals surface area (Å²) >= 11 is 7.69. The van der Waals surface area contributed by atoms with E-state index in [-0.39, 0.29) is 5.78 Å². The molecule has 3 aromatic rings. The van der Waals surface area contributed by atoms with E-state index in [1.165, 1.54) is 16.2 Å². The molecule has 0 saturated carbocycles. The lowest BCUT2D eigenvalue weighted by Crippen LogP contribution is -1.97. The molecule has 0 unspecified atom stereocenters. The maximum Gasteiger partial charge on any atom is 0.205 e. The van der Waals surface area contributed by atoms with Crippen LogP contribution in [0.2, 0.25) is 5.02 Å². The van der Waals surface area contributed by atoms with Crippen LogP contribution in [0.25, 0.3) is 11.0 Å². The molecule has 3 heterocycles. The normalized spacial score (nSPS) is 11.1. The number of pyridine rings is 1. The predicted molar refractivity (Wildman–Crippen MR) is 78.2 cm³/mol. The molecule has 0 spiro atoms. The first-order valence-electron chi connectivity index (χ1n) is 5.95. The molecule has 0 atom stereocenters. The summed E-state index contributed by atoms with van der Waals surface area (Å²) in [6.45, 7) is 2.08. The number of aromatic nitrogens is 2. The molecule has 0 aromatic carbocycles. The number of fused-ring (bicyclic) bond motifs is 1. The average Bonchev–Trinajstić information content (AvgIpc) is 3.05. The van der Waals surface area contributed by atoms with E-state index in [1.807, 2.05) is 12.1 Å². The largest absolute Gasteiger partial charge is 0.345 e. The first kappa shape index (κ1) is 12.4. The summed E-state index contributed by atoms with van der Waals surface area (Å²) in [6.07, 6.45) is 4.24. The average molecular weight is 291 g/mol. The van der Waals surface area contributed by atoms with Crippen LogP contribution >= 0.6 is 22.9 Å². The van der Waals surface area contributed by atoms with Crippen molar-refractivity contribution in [3.63, 3.8) is 0 Å². The third-order valence-electron chi connectivity index (χ3n) is 3.00. The molecule has 0 aliphatic carbocycles. The van der Waals surface area contributed by atoms with E-state index in [0.29, 0.717) is 21.6 Å². The summed E-state index contributed by atoms with van der Waals surface area (Å²) in [7, 11) is 0. The Morgan fingerprint density at radius 2 is 2.26 bits per heavy atom. The minimum absolute atomic E-state index is 0.00847. The van der Waals surface area contributed by atoms with Crippen LogP contribution in [0.1, 0.15) is 27.0 Å². The second-order valence-electron chi connectivity index (χ2n) is 4.17. The fourth-order valence-electron chi connectivity index (χ4n) is 2.02. The molecule has 3 nitrogen and oxygen atoms in total. The Hall–Kier alpha value is -1.65. The van der Waals surface area contributed by atoms with E-state index < -0.39 is 0 Å². The first-order chi connectivity index (χ1) is 9.20. The third kappa shape index (κ3) is 2.07. The number of ketones is 1. The summed E-state index contributed by atoms with van der Waals surface area (Å²) in [6, 6.07) is 5.56. The van der Waals surface area contributed by atoms with E-state index in [9.17, 15) is 4.79 Å². The Bertz CT molecular complexity index is 760. The van der Waals surface area contributed by atoms with Gasteiger partial charge in [-0.25, -0.2) is 4.98 Å². The van der Waals surface area contributed by atoms with Crippen molar-refractivity contribution < 1.29 is 4.79 Å². The van der Waals surface area contributed by atoms with Crippen molar-refractivity contribution in [1.29, 1.82) is 0 Å². The zero-order valence-electron chi connectivity index (χ0n) is 10.2. The molecule has 0 aliphatic rings. The number of thiophene rings is 1. The Morgan fingerprint density at radius 3 is 3.00 bits per heavy atom. The number of rotatable bonds is 3. The monoisotopic (exact) mass is 290 g/mol. The molecule has 0 aliphatic heterocycles. The number of hydrogen-bond acceptors (Lipinski definition) is 3. The fourth-order valence-corrected chi connectivity index (χ4v) is 3.17. The van der Waals surface area contributed by atoms with Gasteiger partial charge in [0, 0.05) is 22.7 Å². The van der Waals surface area contributed by atoms with Gasteiger partial charge in [0.1, 0.15) is 5.65 Å². The van der Waals surface area contributed by atoms with E-state index in [2.05, 4.69) is 16.9 Å². The quantitative estimate of drug-likeness (QED) is 0.739. The lowest BCUT2D eigenvalue weighted by atomic mass is 10.1. The van der Waals surface area contributed by atoms with Crippen LogP contribution < -0.4 is 0 Å². The first-order valence-corrected chi connectivity index (χ1v) is 7.15. The molecule has 3 aromatic heterocycles. The van der Waals surface area contributed by atoms with Crippen molar-refractivity contribution in [2.24, 2.45) is 0 Å². The molecule has 19 heavy (non-hydrogen) atoms. The SMILES string of the molecule is CCc1ccc(C(=O)c2c[nH]c3nccc(Cl)c23)s1. The maximum atomic E-state index is 12.5. The van der Waals surface area contributed by atoms with Gasteiger partial charge < -0.3 is 4.98 Å². The number of H-pyrrole nitrogens is 1. The smallest absolute Gasteiger partial charge is 0.205 e. The number of halogens is 1. The standard InChI is InChI=1S/C14H11ClN2OS/c1-2-8-3-4-11(19-8)13(18)9-7-17-14-12(9)10(15)5-6-16-14/h3-7H,2H2,1H3,(H,16,17). The number of hydrogen-bond donors (Lipinski definition) is 1. The molecule has 96 valence electrons. The van der Waals surface area contributed by atoms with Crippen LogP contribution in [-0.4, -0.2) is 15.8 Å². The van der Waals surface area contributed by atoms with Gasteiger partial charge in [0.2, 0.25) is 5.78 Å². The molecule has 3 rings (SSSR count). The van der Waals surface area contributed by atoms with E-state index >= 15 is 0 Å². The highest BCUT2D eigenvalue weighted by molar-refractivity contribution is 7.14. The second kappa shape index (κ2) is 4.79. The van der Waals surface area contributed by atoms with Gasteiger partial charge in [0.25, 0.3) is 0 Å². The Labute approximate surface area is 119 Å². The van der Waals surface area contributed by atoms with Gasteiger partial charge in [-0.15, -0.1) is 11.3 Å². The summed E-state index contributed by atoms with van der Waals surface area (Å²) in [4.78, 5) is 21.6. The van der Waals surface area contributed by atoms with Gasteiger partial charge in [-0.1, -0.05) is 18.5 Å². The van der Waals surface area contributed by atoms with E-state index in [1.54, 1.807) is 18.5 Å². The highest BCUT2D eigenvalue weighted by Gasteiger charge is 2.18. The Morgan fingerprint density at radius 1 is 1.42 bits per heavy atom. The minimum Gasteiger partial charge on any atom is -0.345 e.